The summed E-state index contributed by atoms with van der Waals surface area (Å²) < 4.78 is 26.4. The molecule has 0 spiro atoms. The Morgan fingerprint density at radius 3 is 2.67 bits per heavy atom. The van der Waals surface area contributed by atoms with E-state index in [1.165, 1.54) is 6.07 Å². The average molecular weight is 326 g/mol. The molecule has 8 heteroatoms. The fourth-order valence-corrected chi connectivity index (χ4v) is 4.27. The van der Waals surface area contributed by atoms with Crippen molar-refractivity contribution < 1.29 is 18.3 Å². The summed E-state index contributed by atoms with van der Waals surface area (Å²) in [5, 5.41) is 10.5. The monoisotopic (exact) mass is 326 g/mol. The van der Waals surface area contributed by atoms with E-state index >= 15 is 0 Å². The predicted molar refractivity (Wildman–Crippen MR) is 78.4 cm³/mol. The Hall–Kier alpha value is -1.77. The predicted octanol–water partition coefficient (Wildman–Crippen LogP) is 1.81. The molecule has 0 bridgehead atoms. The van der Waals surface area contributed by atoms with Crippen LogP contribution in [0.5, 0.6) is 0 Å². The molecule has 2 rings (SSSR count). The van der Waals surface area contributed by atoms with Gasteiger partial charge in [0.25, 0.3) is 10.0 Å². The van der Waals surface area contributed by atoms with Gasteiger partial charge >= 0.3 is 5.97 Å². The van der Waals surface area contributed by atoms with Gasteiger partial charge in [0.1, 0.15) is 4.21 Å². The van der Waals surface area contributed by atoms with Crippen LogP contribution in [-0.2, 0) is 21.4 Å². The van der Waals surface area contributed by atoms with Gasteiger partial charge in [-0.05, 0) is 23.6 Å². The van der Waals surface area contributed by atoms with Crippen molar-refractivity contribution in [1.29, 1.82) is 0 Å². The van der Waals surface area contributed by atoms with E-state index in [0.29, 0.717) is 5.69 Å². The van der Waals surface area contributed by atoms with E-state index in [1.54, 1.807) is 35.8 Å². The second-order valence-electron chi connectivity index (χ2n) is 4.24. The molecule has 0 amide bonds. The molecule has 0 aliphatic rings. The molecule has 0 unspecified atom stereocenters. The molecular formula is C13H14N2O4S2. The average Bonchev–Trinajstić information content (AvgIpc) is 2.99. The van der Waals surface area contributed by atoms with Gasteiger partial charge < -0.3 is 5.11 Å². The van der Waals surface area contributed by atoms with Crippen molar-refractivity contribution in [3.8, 4) is 0 Å². The Morgan fingerprint density at radius 2 is 2.10 bits per heavy atom. The highest BCUT2D eigenvalue weighted by Crippen LogP contribution is 2.22. The standard InChI is InChI=1S/C13H14N2O4S2/c16-12(17)6-8-15(10-11-4-1-2-7-14-11)21(18,19)13-5-3-9-20-13/h1-5,7,9H,6,8,10H2,(H,16,17). The second-order valence-corrected chi connectivity index (χ2v) is 7.35. The van der Waals surface area contributed by atoms with Gasteiger partial charge in [-0.25, -0.2) is 8.42 Å². The number of hydrogen-bond donors (Lipinski definition) is 1. The molecule has 0 radical (unpaired) electrons. The number of rotatable bonds is 7. The number of sulfonamides is 1. The van der Waals surface area contributed by atoms with Gasteiger partial charge in [0, 0.05) is 12.7 Å². The first-order valence-electron chi connectivity index (χ1n) is 6.15. The highest BCUT2D eigenvalue weighted by Gasteiger charge is 2.26. The van der Waals surface area contributed by atoms with Crippen molar-refractivity contribution in [2.75, 3.05) is 6.54 Å². The van der Waals surface area contributed by atoms with Crippen LogP contribution in [-0.4, -0.2) is 35.3 Å². The number of nitrogens with zero attached hydrogens (tertiary/aromatic N) is 2. The SMILES string of the molecule is O=C(O)CCN(Cc1ccccn1)S(=O)(=O)c1cccs1. The van der Waals surface area contributed by atoms with E-state index in [2.05, 4.69) is 4.98 Å². The van der Waals surface area contributed by atoms with Gasteiger partial charge in [0.2, 0.25) is 0 Å². The summed E-state index contributed by atoms with van der Waals surface area (Å²) in [7, 11) is -3.70. The van der Waals surface area contributed by atoms with E-state index in [-0.39, 0.29) is 23.7 Å². The number of carbonyl (C=O) groups is 1. The molecule has 1 N–H and O–H groups in total. The third kappa shape index (κ3) is 4.10. The van der Waals surface area contributed by atoms with Crippen molar-refractivity contribution in [3.63, 3.8) is 0 Å². The fraction of sp³-hybridized carbons (Fsp3) is 0.231. The maximum Gasteiger partial charge on any atom is 0.304 e. The van der Waals surface area contributed by atoms with Gasteiger partial charge in [-0.1, -0.05) is 12.1 Å². The topological polar surface area (TPSA) is 87.6 Å². The first kappa shape index (κ1) is 15.6. The van der Waals surface area contributed by atoms with Gasteiger partial charge in [-0.15, -0.1) is 11.3 Å². The van der Waals surface area contributed by atoms with Gasteiger partial charge in [-0.2, -0.15) is 4.31 Å². The smallest absolute Gasteiger partial charge is 0.304 e. The van der Waals surface area contributed by atoms with E-state index in [1.807, 2.05) is 0 Å². The quantitative estimate of drug-likeness (QED) is 0.838. The lowest BCUT2D eigenvalue weighted by Gasteiger charge is -2.20. The molecule has 112 valence electrons. The Kier molecular flexibility index (Phi) is 5.05. The molecule has 0 aliphatic carbocycles. The third-order valence-electron chi connectivity index (χ3n) is 2.73. The van der Waals surface area contributed by atoms with Crippen molar-refractivity contribution in [1.82, 2.24) is 9.29 Å². The molecule has 0 atom stereocenters. The number of pyridine rings is 1. The van der Waals surface area contributed by atoms with Gasteiger partial charge in [0.05, 0.1) is 18.7 Å². The lowest BCUT2D eigenvalue weighted by atomic mass is 10.3. The highest BCUT2D eigenvalue weighted by molar-refractivity contribution is 7.91. The molecule has 0 aromatic carbocycles. The van der Waals surface area contributed by atoms with Crippen LogP contribution < -0.4 is 0 Å². The first-order valence-corrected chi connectivity index (χ1v) is 8.47. The number of aliphatic carboxylic acids is 1. The molecule has 0 saturated carbocycles. The molecule has 21 heavy (non-hydrogen) atoms. The largest absolute Gasteiger partial charge is 0.481 e. The molecule has 2 heterocycles. The highest BCUT2D eigenvalue weighted by atomic mass is 32.2. The van der Waals surface area contributed by atoms with Crippen molar-refractivity contribution in [3.05, 3.63) is 47.6 Å². The zero-order chi connectivity index (χ0) is 15.3. The molecule has 0 saturated heterocycles. The first-order chi connectivity index (χ1) is 10.00. The normalized spacial score (nSPS) is 11.7. The number of hydrogen-bond acceptors (Lipinski definition) is 5. The van der Waals surface area contributed by atoms with Gasteiger partial charge in [-0.3, -0.25) is 9.78 Å². The van der Waals surface area contributed by atoms with Crippen LogP contribution in [0.15, 0.2) is 46.1 Å². The fourth-order valence-electron chi connectivity index (χ4n) is 1.71. The van der Waals surface area contributed by atoms with Crippen LogP contribution >= 0.6 is 11.3 Å². The number of carboxylic acids is 1. The van der Waals surface area contributed by atoms with Crippen LogP contribution in [0.1, 0.15) is 12.1 Å². The van der Waals surface area contributed by atoms with Crippen LogP contribution in [0, 0.1) is 0 Å². The van der Waals surface area contributed by atoms with Crippen LogP contribution in [0.3, 0.4) is 0 Å². The summed E-state index contributed by atoms with van der Waals surface area (Å²) in [5.74, 6) is -1.04. The third-order valence-corrected chi connectivity index (χ3v) is 5.95. The van der Waals surface area contributed by atoms with Crippen LogP contribution in [0.4, 0.5) is 0 Å². The van der Waals surface area contributed by atoms with Gasteiger partial charge in [0.15, 0.2) is 0 Å². The minimum Gasteiger partial charge on any atom is -0.481 e. The molecule has 0 fully saturated rings. The Bertz CT molecular complexity index is 684. The molecule has 2 aromatic rings. The van der Waals surface area contributed by atoms with E-state index in [0.717, 1.165) is 15.6 Å². The number of thiophene rings is 1. The summed E-state index contributed by atoms with van der Waals surface area (Å²) >= 11 is 1.11. The molecular weight excluding hydrogens is 312 g/mol. The Morgan fingerprint density at radius 1 is 1.29 bits per heavy atom. The Balaban J connectivity index is 2.25. The Labute approximate surface area is 126 Å². The summed E-state index contributed by atoms with van der Waals surface area (Å²) in [6, 6.07) is 8.35. The summed E-state index contributed by atoms with van der Waals surface area (Å²) in [5.41, 5.74) is 0.572. The van der Waals surface area contributed by atoms with E-state index in [9.17, 15) is 13.2 Å². The van der Waals surface area contributed by atoms with E-state index < -0.39 is 16.0 Å². The maximum absolute atomic E-state index is 12.5. The lowest BCUT2D eigenvalue weighted by Crippen LogP contribution is -2.32. The van der Waals surface area contributed by atoms with Crippen molar-refractivity contribution in [2.45, 2.75) is 17.2 Å². The zero-order valence-electron chi connectivity index (χ0n) is 11.0. The lowest BCUT2D eigenvalue weighted by molar-refractivity contribution is -0.137. The minimum atomic E-state index is -3.70. The number of carboxylic acid groups (broad SMARTS) is 1. The maximum atomic E-state index is 12.5. The molecule has 2 aromatic heterocycles. The van der Waals surface area contributed by atoms with E-state index in [4.69, 9.17) is 5.11 Å². The zero-order valence-corrected chi connectivity index (χ0v) is 12.7. The van der Waals surface area contributed by atoms with Crippen LogP contribution in [0.2, 0.25) is 0 Å². The molecule has 0 aliphatic heterocycles. The summed E-state index contributed by atoms with van der Waals surface area (Å²) in [6.45, 7) is -0.0412. The summed E-state index contributed by atoms with van der Waals surface area (Å²) in [4.78, 5) is 14.8. The number of aromatic nitrogens is 1. The minimum absolute atomic E-state index is 0.0500. The van der Waals surface area contributed by atoms with Crippen molar-refractivity contribution >= 4 is 27.3 Å². The second kappa shape index (κ2) is 6.79. The summed E-state index contributed by atoms with van der Waals surface area (Å²) in [6.07, 6.45) is 1.32. The molecule has 6 nitrogen and oxygen atoms in total. The van der Waals surface area contributed by atoms with Crippen LogP contribution in [0.25, 0.3) is 0 Å². The van der Waals surface area contributed by atoms with Crippen molar-refractivity contribution in [2.24, 2.45) is 0 Å².